The Balaban J connectivity index is 0.00000306. The fourth-order valence-corrected chi connectivity index (χ4v) is 11.3. The van der Waals surface area contributed by atoms with Crippen molar-refractivity contribution < 1.29 is 24.2 Å². The van der Waals surface area contributed by atoms with Crippen LogP contribution < -0.4 is 4.74 Å². The fourth-order valence-electron chi connectivity index (χ4n) is 6.31. The standard InChI is InChI=1S/C28H41Cl2OP.Ru/c1-20(2)31-28-22(17-18-25(29)27(28)30)19-21-11-9-10-16-26(21)32(23-12-5-3-6-13-23)24-14-7-4-8-15-24;/h17-20,23-24,26H,3-16H2,1-2H3;. The molecule has 3 aliphatic rings. The fraction of sp³-hybridized carbons (Fsp3) is 0.714. The Bertz CT molecular complexity index is 766. The molecule has 3 aliphatic carbocycles. The van der Waals surface area contributed by atoms with Crippen LogP contribution in [0.5, 0.6) is 5.75 Å². The zero-order valence-corrected chi connectivity index (χ0v) is 24.6. The molecule has 1 unspecified atom stereocenters. The van der Waals surface area contributed by atoms with Crippen LogP contribution in [0, 0.1) is 0 Å². The Morgan fingerprint density at radius 3 is 2.00 bits per heavy atom. The van der Waals surface area contributed by atoms with E-state index in [2.05, 4.69) is 26.0 Å². The van der Waals surface area contributed by atoms with Crippen molar-refractivity contribution in [3.8, 4) is 5.75 Å². The molecule has 5 heteroatoms. The third kappa shape index (κ3) is 7.22. The molecule has 0 N–H and O–H groups in total. The van der Waals surface area contributed by atoms with Crippen LogP contribution in [0.3, 0.4) is 0 Å². The average molecular weight is 597 g/mol. The number of halogens is 2. The van der Waals surface area contributed by atoms with E-state index < -0.39 is 0 Å². The largest absolute Gasteiger partial charge is 0.489 e. The maximum absolute atomic E-state index is 6.62. The number of allylic oxidation sites excluding steroid dienone is 1. The second-order valence-corrected chi connectivity index (χ2v) is 14.2. The third-order valence-corrected chi connectivity index (χ3v) is 12.6. The Labute approximate surface area is 226 Å². The van der Waals surface area contributed by atoms with Gasteiger partial charge in [-0.3, -0.25) is 0 Å². The molecule has 0 spiro atoms. The van der Waals surface area contributed by atoms with Crippen molar-refractivity contribution in [3.63, 3.8) is 0 Å². The van der Waals surface area contributed by atoms with E-state index in [1.54, 1.807) is 5.57 Å². The van der Waals surface area contributed by atoms with Gasteiger partial charge in [-0.05, 0) is 82.2 Å². The topological polar surface area (TPSA) is 9.23 Å². The normalized spacial score (nSPS) is 24.3. The van der Waals surface area contributed by atoms with Gasteiger partial charge >= 0.3 is 0 Å². The van der Waals surface area contributed by atoms with E-state index in [0.717, 1.165) is 28.3 Å². The van der Waals surface area contributed by atoms with Gasteiger partial charge in [-0.25, -0.2) is 0 Å². The Hall–Kier alpha value is 0.393. The molecule has 4 rings (SSSR count). The van der Waals surface area contributed by atoms with Crippen LogP contribution in [0.2, 0.25) is 10.0 Å². The van der Waals surface area contributed by atoms with Crippen LogP contribution in [0.4, 0.5) is 0 Å². The molecule has 33 heavy (non-hydrogen) atoms. The van der Waals surface area contributed by atoms with E-state index in [4.69, 9.17) is 27.9 Å². The first-order valence-electron chi connectivity index (χ1n) is 13.2. The first-order valence-corrected chi connectivity index (χ1v) is 15.5. The smallest absolute Gasteiger partial charge is 0.147 e. The van der Waals surface area contributed by atoms with Gasteiger partial charge in [0.15, 0.2) is 0 Å². The summed E-state index contributed by atoms with van der Waals surface area (Å²) in [5, 5.41) is 1.14. The maximum Gasteiger partial charge on any atom is 0.147 e. The van der Waals surface area contributed by atoms with Gasteiger partial charge in [0.2, 0.25) is 0 Å². The molecular formula is C28H41Cl2OPRu. The summed E-state index contributed by atoms with van der Waals surface area (Å²) in [6.45, 7) is 4.12. The van der Waals surface area contributed by atoms with Crippen molar-refractivity contribution in [1.29, 1.82) is 0 Å². The number of hydrogen-bond donors (Lipinski definition) is 0. The molecule has 0 heterocycles. The summed E-state index contributed by atoms with van der Waals surface area (Å²) in [7, 11) is 0.0410. The van der Waals surface area contributed by atoms with Crippen molar-refractivity contribution in [2.75, 3.05) is 0 Å². The molecule has 3 fully saturated rings. The van der Waals surface area contributed by atoms with E-state index in [1.165, 1.54) is 89.9 Å². The summed E-state index contributed by atoms with van der Waals surface area (Å²) in [5.74, 6) is 0.769. The van der Waals surface area contributed by atoms with Crippen LogP contribution in [-0.2, 0) is 19.5 Å². The zero-order chi connectivity index (χ0) is 22.5. The van der Waals surface area contributed by atoms with Gasteiger partial charge in [0.1, 0.15) is 10.8 Å². The molecule has 1 aromatic rings. The van der Waals surface area contributed by atoms with E-state index in [1.807, 2.05) is 6.07 Å². The molecule has 0 radical (unpaired) electrons. The van der Waals surface area contributed by atoms with Gasteiger partial charge < -0.3 is 4.74 Å². The third-order valence-electron chi connectivity index (χ3n) is 7.75. The summed E-state index contributed by atoms with van der Waals surface area (Å²) in [6.07, 6.45) is 22.6. The number of rotatable bonds is 6. The van der Waals surface area contributed by atoms with Gasteiger partial charge in [0.05, 0.1) is 11.1 Å². The zero-order valence-electron chi connectivity index (χ0n) is 20.4. The predicted molar refractivity (Wildman–Crippen MR) is 143 cm³/mol. The van der Waals surface area contributed by atoms with Crippen molar-refractivity contribution in [2.24, 2.45) is 0 Å². The SMILES string of the molecule is CC(C)Oc1c(C=C2CCCCC2P(C2CCCCC2)C2CCCCC2)ccc(Cl)c1Cl.[Ru]. The first-order chi connectivity index (χ1) is 15.5. The molecule has 1 atom stereocenters. The van der Waals surface area contributed by atoms with Crippen molar-refractivity contribution in [2.45, 2.75) is 127 Å². The van der Waals surface area contributed by atoms with Gasteiger partial charge in [0, 0.05) is 30.7 Å². The summed E-state index contributed by atoms with van der Waals surface area (Å²) in [4.78, 5) is 0. The minimum Gasteiger partial charge on any atom is -0.489 e. The molecule has 0 aliphatic heterocycles. The second kappa shape index (κ2) is 13.6. The van der Waals surface area contributed by atoms with Gasteiger partial charge in [-0.2, -0.15) is 0 Å². The van der Waals surface area contributed by atoms with Crippen LogP contribution in [0.15, 0.2) is 17.7 Å². The minimum atomic E-state index is 0. The Morgan fingerprint density at radius 1 is 0.848 bits per heavy atom. The van der Waals surface area contributed by atoms with Crippen molar-refractivity contribution in [1.82, 2.24) is 0 Å². The summed E-state index contributed by atoms with van der Waals surface area (Å²) >= 11 is 13.0. The van der Waals surface area contributed by atoms with Crippen LogP contribution in [0.1, 0.15) is 109 Å². The van der Waals surface area contributed by atoms with E-state index in [-0.39, 0.29) is 33.5 Å². The van der Waals surface area contributed by atoms with E-state index in [9.17, 15) is 0 Å². The van der Waals surface area contributed by atoms with Gasteiger partial charge in [-0.1, -0.05) is 87.7 Å². The molecule has 186 valence electrons. The first kappa shape index (κ1) is 28.0. The monoisotopic (exact) mass is 596 g/mol. The minimum absolute atomic E-state index is 0. The van der Waals surface area contributed by atoms with Crippen LogP contribution in [0.25, 0.3) is 6.08 Å². The summed E-state index contributed by atoms with van der Waals surface area (Å²) in [5.41, 5.74) is 5.59. The van der Waals surface area contributed by atoms with Gasteiger partial charge in [0.25, 0.3) is 0 Å². The number of ether oxygens (including phenoxy) is 1. The molecule has 3 saturated carbocycles. The average Bonchev–Trinajstić information content (AvgIpc) is 2.81. The van der Waals surface area contributed by atoms with E-state index in [0.29, 0.717) is 10.0 Å². The molecule has 0 bridgehead atoms. The van der Waals surface area contributed by atoms with Crippen LogP contribution >= 0.6 is 31.1 Å². The molecule has 0 amide bonds. The number of benzene rings is 1. The quantitative estimate of drug-likeness (QED) is 0.235. The number of hydrogen-bond acceptors (Lipinski definition) is 1. The molecule has 1 nitrogen and oxygen atoms in total. The molecule has 0 aromatic heterocycles. The van der Waals surface area contributed by atoms with Crippen LogP contribution in [-0.4, -0.2) is 23.1 Å². The second-order valence-electron chi connectivity index (χ2n) is 10.5. The predicted octanol–water partition coefficient (Wildman–Crippen LogP) is 10.3. The molecule has 0 saturated heterocycles. The van der Waals surface area contributed by atoms with Gasteiger partial charge in [-0.15, -0.1) is 0 Å². The summed E-state index contributed by atoms with van der Waals surface area (Å²) in [6, 6.07) is 4.06. The molecular weight excluding hydrogens is 555 g/mol. The van der Waals surface area contributed by atoms with Crippen molar-refractivity contribution in [3.05, 3.63) is 33.3 Å². The molecule has 1 aromatic carbocycles. The van der Waals surface area contributed by atoms with Crippen molar-refractivity contribution >= 4 is 37.2 Å². The Morgan fingerprint density at radius 2 is 1.42 bits per heavy atom. The Kier molecular flexibility index (Phi) is 11.6. The van der Waals surface area contributed by atoms with E-state index >= 15 is 0 Å². The maximum atomic E-state index is 6.62. The summed E-state index contributed by atoms with van der Waals surface area (Å²) < 4.78 is 6.17.